The number of H-pyrrole nitrogens is 1. The molecule has 2 heterocycles. The maximum Gasteiger partial charge on any atom is 0.276 e. The van der Waals surface area contributed by atoms with Gasteiger partial charge < -0.3 is 10.3 Å². The van der Waals surface area contributed by atoms with Crippen LogP contribution in [0.2, 0.25) is 5.02 Å². The van der Waals surface area contributed by atoms with Gasteiger partial charge in [0.2, 0.25) is 0 Å². The van der Waals surface area contributed by atoms with Gasteiger partial charge in [0.05, 0.1) is 12.0 Å². The molecule has 0 fully saturated rings. The van der Waals surface area contributed by atoms with E-state index in [2.05, 4.69) is 15.3 Å². The first-order valence-electron chi connectivity index (χ1n) is 10.6. The van der Waals surface area contributed by atoms with Gasteiger partial charge in [-0.15, -0.1) is 11.3 Å². The Hall–Kier alpha value is -3.94. The van der Waals surface area contributed by atoms with Crippen LogP contribution in [0.5, 0.6) is 0 Å². The lowest BCUT2D eigenvalue weighted by Gasteiger charge is -2.09. The van der Waals surface area contributed by atoms with Crippen LogP contribution in [0.3, 0.4) is 0 Å². The number of rotatable bonds is 5. The molecule has 0 unspecified atom stereocenters. The Morgan fingerprint density at radius 2 is 1.76 bits per heavy atom. The van der Waals surface area contributed by atoms with Crippen LogP contribution in [0.4, 0.5) is 11.5 Å². The number of aromatic amines is 1. The number of aromatic nitrogens is 3. The summed E-state index contributed by atoms with van der Waals surface area (Å²) >= 11 is 7.57. The molecule has 0 bridgehead atoms. The molecule has 0 aliphatic rings. The minimum atomic E-state index is -0.305. The number of hydrogen-bond acceptors (Lipinski definition) is 4. The molecule has 5 aromatic rings. The first kappa shape index (κ1) is 21.9. The van der Waals surface area contributed by atoms with E-state index in [-0.39, 0.29) is 5.91 Å². The van der Waals surface area contributed by atoms with E-state index in [1.54, 1.807) is 0 Å². The van der Waals surface area contributed by atoms with Gasteiger partial charge in [-0.05, 0) is 48.9 Å². The third-order valence-electron chi connectivity index (χ3n) is 5.22. The highest BCUT2D eigenvalue weighted by Gasteiger charge is 2.16. The summed E-state index contributed by atoms with van der Waals surface area (Å²) in [5, 5.41) is 5.61. The van der Waals surface area contributed by atoms with Crippen LogP contribution in [0.1, 0.15) is 16.1 Å². The number of aryl methyl sites for hydroxylation is 1. The number of amides is 1. The minimum absolute atomic E-state index is 0.293. The number of benzene rings is 3. The molecule has 8 heteroatoms. The molecule has 0 aliphatic carbocycles. The lowest BCUT2D eigenvalue weighted by Crippen LogP contribution is -2.15. The molecule has 0 atom stereocenters. The van der Waals surface area contributed by atoms with Crippen LogP contribution >= 0.6 is 22.9 Å². The van der Waals surface area contributed by atoms with E-state index >= 15 is 0 Å². The topological polar surface area (TPSA) is 75.1 Å². The monoisotopic (exact) mass is 485 g/mol. The summed E-state index contributed by atoms with van der Waals surface area (Å²) in [5.74, 6) is 0.0136. The van der Waals surface area contributed by atoms with E-state index in [4.69, 9.17) is 16.6 Å². The molecule has 0 spiro atoms. The molecule has 34 heavy (non-hydrogen) atoms. The van der Waals surface area contributed by atoms with Crippen molar-refractivity contribution in [1.29, 1.82) is 0 Å². The van der Waals surface area contributed by atoms with Crippen LogP contribution in [0.15, 0.2) is 95.6 Å². The number of thiazole rings is 1. The number of hydrogen-bond donors (Lipinski definition) is 2. The number of carbonyl (C=O) groups excluding carboxylic acids is 1. The van der Waals surface area contributed by atoms with Crippen LogP contribution in [-0.2, 0) is 0 Å². The minimum Gasteiger partial charge on any atom is -0.339 e. The van der Waals surface area contributed by atoms with Gasteiger partial charge in [-0.1, -0.05) is 59.6 Å². The molecular formula is C26H20ClN5OS. The Balaban J connectivity index is 1.57. The lowest BCUT2D eigenvalue weighted by molar-refractivity contribution is 0.102. The molecule has 168 valence electrons. The number of carbonyl (C=O) groups is 1. The average molecular weight is 486 g/mol. The molecule has 0 saturated carbocycles. The van der Waals surface area contributed by atoms with Gasteiger partial charge in [0, 0.05) is 21.8 Å². The SMILES string of the molecule is Cc1ccc(NC(=O)c2[nH]cnc2N=c2scc(-c3ccc(Cl)cc3)n2-c2ccccc2)cc1. The Bertz CT molecular complexity index is 1500. The molecule has 3 aromatic carbocycles. The predicted octanol–water partition coefficient (Wildman–Crippen LogP) is 6.38. The van der Waals surface area contributed by atoms with E-state index in [0.717, 1.165) is 22.5 Å². The van der Waals surface area contributed by atoms with Crippen molar-refractivity contribution in [3.05, 3.63) is 112 Å². The van der Waals surface area contributed by atoms with Crippen LogP contribution < -0.4 is 10.1 Å². The van der Waals surface area contributed by atoms with Crippen LogP contribution in [-0.4, -0.2) is 20.4 Å². The Morgan fingerprint density at radius 3 is 2.50 bits per heavy atom. The van der Waals surface area contributed by atoms with E-state index in [1.807, 2.05) is 95.7 Å². The molecule has 2 N–H and O–H groups in total. The van der Waals surface area contributed by atoms with E-state index in [1.165, 1.54) is 17.7 Å². The van der Waals surface area contributed by atoms with E-state index < -0.39 is 0 Å². The van der Waals surface area contributed by atoms with Crippen molar-refractivity contribution >= 4 is 40.4 Å². The summed E-state index contributed by atoms with van der Waals surface area (Å²) in [5.41, 5.74) is 5.04. The van der Waals surface area contributed by atoms with Gasteiger partial charge in [-0.25, -0.2) is 4.98 Å². The van der Waals surface area contributed by atoms with Crippen molar-refractivity contribution in [1.82, 2.24) is 14.5 Å². The fourth-order valence-corrected chi connectivity index (χ4v) is 4.53. The number of halogens is 1. The number of imidazole rings is 1. The van der Waals surface area contributed by atoms with Crippen molar-refractivity contribution in [2.75, 3.05) is 5.32 Å². The smallest absolute Gasteiger partial charge is 0.276 e. The maximum atomic E-state index is 12.9. The molecule has 6 nitrogen and oxygen atoms in total. The second-order valence-corrected chi connectivity index (χ2v) is 8.89. The van der Waals surface area contributed by atoms with Gasteiger partial charge in [0.1, 0.15) is 0 Å². The Labute approximate surface area is 205 Å². The normalized spacial score (nSPS) is 11.5. The molecule has 0 radical (unpaired) electrons. The summed E-state index contributed by atoms with van der Waals surface area (Å²) in [6.45, 7) is 2.00. The van der Waals surface area contributed by atoms with Crippen molar-refractivity contribution in [3.8, 4) is 16.9 Å². The van der Waals surface area contributed by atoms with Crippen molar-refractivity contribution in [3.63, 3.8) is 0 Å². The lowest BCUT2D eigenvalue weighted by atomic mass is 10.1. The number of nitrogens with one attached hydrogen (secondary N) is 2. The highest BCUT2D eigenvalue weighted by atomic mass is 35.5. The first-order valence-corrected chi connectivity index (χ1v) is 11.8. The second-order valence-electron chi connectivity index (χ2n) is 7.61. The molecule has 0 aliphatic heterocycles. The number of para-hydroxylation sites is 1. The first-order chi connectivity index (χ1) is 16.6. The summed E-state index contributed by atoms with van der Waals surface area (Å²) in [4.78, 5) is 25.6. The van der Waals surface area contributed by atoms with Gasteiger partial charge in [0.15, 0.2) is 16.3 Å². The third-order valence-corrected chi connectivity index (χ3v) is 6.30. The summed E-state index contributed by atoms with van der Waals surface area (Å²) in [6.07, 6.45) is 1.48. The quantitative estimate of drug-likeness (QED) is 0.303. The van der Waals surface area contributed by atoms with Gasteiger partial charge in [0.25, 0.3) is 5.91 Å². The molecule has 0 saturated heterocycles. The third kappa shape index (κ3) is 4.57. The predicted molar refractivity (Wildman–Crippen MR) is 137 cm³/mol. The standard InChI is InChI=1S/C26H20ClN5OS/c1-17-7-13-20(14-8-17)30-25(33)23-24(29-16-28-23)31-26-32(21-5-3-2-4-6-21)22(15-34-26)18-9-11-19(27)12-10-18/h2-16H,1H3,(H,28,29)(H,30,33). The molecule has 2 aromatic heterocycles. The largest absolute Gasteiger partial charge is 0.339 e. The van der Waals surface area contributed by atoms with Gasteiger partial charge in [-0.3, -0.25) is 9.36 Å². The number of anilines is 1. The van der Waals surface area contributed by atoms with E-state index in [0.29, 0.717) is 27.0 Å². The van der Waals surface area contributed by atoms with Crippen molar-refractivity contribution in [2.45, 2.75) is 6.92 Å². The summed E-state index contributed by atoms with van der Waals surface area (Å²) in [6, 6.07) is 25.2. The van der Waals surface area contributed by atoms with Crippen LogP contribution in [0, 0.1) is 6.92 Å². The second kappa shape index (κ2) is 9.51. The fourth-order valence-electron chi connectivity index (χ4n) is 3.50. The Kier molecular flexibility index (Phi) is 6.12. The molecule has 5 rings (SSSR count). The van der Waals surface area contributed by atoms with Crippen molar-refractivity contribution < 1.29 is 4.79 Å². The highest BCUT2D eigenvalue weighted by Crippen LogP contribution is 2.26. The van der Waals surface area contributed by atoms with Gasteiger partial charge >= 0.3 is 0 Å². The average Bonchev–Trinajstić information content (AvgIpc) is 3.49. The fraction of sp³-hybridized carbons (Fsp3) is 0.0385. The zero-order valence-electron chi connectivity index (χ0n) is 18.2. The maximum absolute atomic E-state index is 12.9. The molecule has 1 amide bonds. The van der Waals surface area contributed by atoms with E-state index in [9.17, 15) is 4.79 Å². The van der Waals surface area contributed by atoms with Gasteiger partial charge in [-0.2, -0.15) is 4.99 Å². The molecular weight excluding hydrogens is 466 g/mol. The van der Waals surface area contributed by atoms with Crippen molar-refractivity contribution in [2.24, 2.45) is 4.99 Å². The highest BCUT2D eigenvalue weighted by molar-refractivity contribution is 7.07. The summed E-state index contributed by atoms with van der Waals surface area (Å²) in [7, 11) is 0. The summed E-state index contributed by atoms with van der Waals surface area (Å²) < 4.78 is 2.05. The number of nitrogens with zero attached hydrogens (tertiary/aromatic N) is 3. The zero-order valence-corrected chi connectivity index (χ0v) is 19.8. The Morgan fingerprint density at radius 1 is 1.03 bits per heavy atom. The van der Waals surface area contributed by atoms with Crippen LogP contribution in [0.25, 0.3) is 16.9 Å². The zero-order chi connectivity index (χ0) is 23.5.